The number of nitrogens with zero attached hydrogens (tertiary/aromatic N) is 2. The summed E-state index contributed by atoms with van der Waals surface area (Å²) in [4.78, 5) is 27.3. The molecule has 0 saturated heterocycles. The first-order valence-corrected chi connectivity index (χ1v) is 8.99. The molecule has 0 radical (unpaired) electrons. The summed E-state index contributed by atoms with van der Waals surface area (Å²) in [6.45, 7) is 5.40. The van der Waals surface area contributed by atoms with Crippen LogP contribution in [0.1, 0.15) is 26.3 Å². The lowest BCUT2D eigenvalue weighted by Crippen LogP contribution is -2.57. The smallest absolute Gasteiger partial charge is 0.408 e. The molecule has 1 N–H and O–H groups in total. The molecule has 2 amide bonds. The maximum atomic E-state index is 12.7. The number of carbonyl (C=O) groups excluding carboxylic acids is 1. The van der Waals surface area contributed by atoms with Crippen LogP contribution < -0.4 is 0 Å². The van der Waals surface area contributed by atoms with Crippen molar-refractivity contribution in [3.8, 4) is 11.1 Å². The number of carbonyl (C=O) groups is 2. The highest BCUT2D eigenvalue weighted by Crippen LogP contribution is 2.24. The van der Waals surface area contributed by atoms with E-state index in [2.05, 4.69) is 0 Å². The normalized spacial score (nSPS) is 12.3. The van der Waals surface area contributed by atoms with Crippen molar-refractivity contribution in [3.05, 3.63) is 60.2 Å². The minimum Gasteiger partial charge on any atom is -0.465 e. The molecule has 0 heterocycles. The van der Waals surface area contributed by atoms with E-state index in [1.807, 2.05) is 54.6 Å². The van der Waals surface area contributed by atoms with Gasteiger partial charge in [-0.1, -0.05) is 54.6 Å². The quantitative estimate of drug-likeness (QED) is 0.863. The van der Waals surface area contributed by atoms with Gasteiger partial charge in [0.1, 0.15) is 6.04 Å². The molecule has 0 aliphatic carbocycles. The average molecular weight is 368 g/mol. The van der Waals surface area contributed by atoms with Gasteiger partial charge in [-0.15, -0.1) is 0 Å². The van der Waals surface area contributed by atoms with Gasteiger partial charge in [-0.05, 0) is 37.5 Å². The van der Waals surface area contributed by atoms with E-state index in [1.54, 1.807) is 34.9 Å². The molecule has 2 rings (SSSR count). The van der Waals surface area contributed by atoms with Crippen LogP contribution in [0, 0.1) is 0 Å². The van der Waals surface area contributed by atoms with Gasteiger partial charge >= 0.3 is 6.09 Å². The minimum atomic E-state index is -1.09. The van der Waals surface area contributed by atoms with Gasteiger partial charge in [0.05, 0.1) is 0 Å². The van der Waals surface area contributed by atoms with Crippen LogP contribution in [0.4, 0.5) is 4.79 Å². The van der Waals surface area contributed by atoms with Crippen LogP contribution in [0.25, 0.3) is 11.1 Å². The Labute approximate surface area is 161 Å². The first-order valence-electron chi connectivity index (χ1n) is 8.99. The molecule has 2 aromatic carbocycles. The van der Waals surface area contributed by atoms with E-state index in [9.17, 15) is 14.7 Å². The zero-order valence-electron chi connectivity index (χ0n) is 16.6. The Bertz CT molecular complexity index is 777. The van der Waals surface area contributed by atoms with Crippen molar-refractivity contribution >= 4 is 12.0 Å². The highest BCUT2D eigenvalue weighted by atomic mass is 16.4. The molecule has 5 heteroatoms. The van der Waals surface area contributed by atoms with E-state index >= 15 is 0 Å². The van der Waals surface area contributed by atoms with Crippen molar-refractivity contribution in [2.75, 3.05) is 14.1 Å². The largest absolute Gasteiger partial charge is 0.465 e. The fourth-order valence-corrected chi connectivity index (χ4v) is 3.16. The molecular formula is C22H28N2O3. The maximum absolute atomic E-state index is 12.7. The Morgan fingerprint density at radius 3 is 1.89 bits per heavy atom. The molecule has 144 valence electrons. The predicted molar refractivity (Wildman–Crippen MR) is 108 cm³/mol. The molecule has 2 aromatic rings. The zero-order valence-corrected chi connectivity index (χ0v) is 16.6. The Hall–Kier alpha value is -2.82. The number of hydrogen-bond acceptors (Lipinski definition) is 2. The van der Waals surface area contributed by atoms with Crippen molar-refractivity contribution in [2.24, 2.45) is 0 Å². The Morgan fingerprint density at radius 2 is 1.44 bits per heavy atom. The van der Waals surface area contributed by atoms with Crippen molar-refractivity contribution in [3.63, 3.8) is 0 Å². The summed E-state index contributed by atoms with van der Waals surface area (Å²) >= 11 is 0. The highest BCUT2D eigenvalue weighted by Gasteiger charge is 2.38. The second-order valence-electron chi connectivity index (χ2n) is 7.84. The first-order chi connectivity index (χ1) is 12.6. The van der Waals surface area contributed by atoms with Gasteiger partial charge in [0, 0.05) is 26.1 Å². The summed E-state index contributed by atoms with van der Waals surface area (Å²) in [5.41, 5.74) is 2.43. The summed E-state index contributed by atoms with van der Waals surface area (Å²) in [6, 6.07) is 17.2. The number of carboxylic acid groups (broad SMARTS) is 1. The monoisotopic (exact) mass is 368 g/mol. The third kappa shape index (κ3) is 5.09. The van der Waals surface area contributed by atoms with Crippen LogP contribution in [0.5, 0.6) is 0 Å². The Morgan fingerprint density at radius 1 is 0.926 bits per heavy atom. The number of benzene rings is 2. The molecule has 0 aliphatic rings. The summed E-state index contributed by atoms with van der Waals surface area (Å²) in [5.74, 6) is -0.223. The molecule has 0 unspecified atom stereocenters. The highest BCUT2D eigenvalue weighted by molar-refractivity contribution is 5.85. The lowest BCUT2D eigenvalue weighted by molar-refractivity contribution is -0.135. The second kappa shape index (κ2) is 8.25. The van der Waals surface area contributed by atoms with Crippen LogP contribution in [-0.2, 0) is 11.2 Å². The van der Waals surface area contributed by atoms with Crippen LogP contribution >= 0.6 is 0 Å². The van der Waals surface area contributed by atoms with Crippen LogP contribution in [0.2, 0.25) is 0 Å². The van der Waals surface area contributed by atoms with Crippen LogP contribution in [0.15, 0.2) is 54.6 Å². The lowest BCUT2D eigenvalue weighted by atomic mass is 9.96. The van der Waals surface area contributed by atoms with E-state index in [1.165, 1.54) is 9.80 Å². The summed E-state index contributed by atoms with van der Waals surface area (Å²) in [6.07, 6.45) is -0.765. The number of hydrogen-bond donors (Lipinski definition) is 1. The molecule has 0 aliphatic heterocycles. The predicted octanol–water partition coefficient (Wildman–Crippen LogP) is 4.13. The van der Waals surface area contributed by atoms with Gasteiger partial charge in [0.2, 0.25) is 5.91 Å². The Balaban J connectivity index is 2.32. The van der Waals surface area contributed by atoms with Crippen LogP contribution in [0.3, 0.4) is 0 Å². The lowest BCUT2D eigenvalue weighted by Gasteiger charge is -2.39. The van der Waals surface area contributed by atoms with Crippen molar-refractivity contribution < 1.29 is 14.7 Å². The van der Waals surface area contributed by atoms with E-state index in [0.717, 1.165) is 16.7 Å². The minimum absolute atomic E-state index is 0.223. The maximum Gasteiger partial charge on any atom is 0.408 e. The summed E-state index contributed by atoms with van der Waals surface area (Å²) in [5, 5.41) is 9.74. The first kappa shape index (κ1) is 20.5. The van der Waals surface area contributed by atoms with Gasteiger partial charge in [0.25, 0.3) is 0 Å². The standard InChI is InChI=1S/C22H28N2O3/c1-22(2,3)24(21(26)27)19(20(25)23(4)5)15-16-11-13-18(14-12-16)17-9-7-6-8-10-17/h6-14,19H,15H2,1-5H3,(H,26,27)/t19-/m0/s1. The van der Waals surface area contributed by atoms with Crippen molar-refractivity contribution in [1.82, 2.24) is 9.80 Å². The topological polar surface area (TPSA) is 60.9 Å². The fraction of sp³-hybridized carbons (Fsp3) is 0.364. The second-order valence-corrected chi connectivity index (χ2v) is 7.84. The van der Waals surface area contributed by atoms with E-state index < -0.39 is 17.7 Å². The third-order valence-corrected chi connectivity index (χ3v) is 4.46. The van der Waals surface area contributed by atoms with Gasteiger partial charge in [-0.3, -0.25) is 9.69 Å². The zero-order chi connectivity index (χ0) is 20.2. The number of likely N-dealkylation sites (N-methyl/N-ethyl adjacent to an activating group) is 1. The average Bonchev–Trinajstić information content (AvgIpc) is 2.60. The fourth-order valence-electron chi connectivity index (χ4n) is 3.16. The molecule has 1 atom stereocenters. The van der Waals surface area contributed by atoms with Crippen molar-refractivity contribution in [1.29, 1.82) is 0 Å². The third-order valence-electron chi connectivity index (χ3n) is 4.46. The van der Waals surface area contributed by atoms with E-state index in [-0.39, 0.29) is 5.91 Å². The number of amides is 2. The van der Waals surface area contributed by atoms with Crippen molar-refractivity contribution in [2.45, 2.75) is 38.8 Å². The summed E-state index contributed by atoms with van der Waals surface area (Å²) < 4.78 is 0. The van der Waals surface area contributed by atoms with Crippen LogP contribution in [-0.4, -0.2) is 52.6 Å². The Kier molecular flexibility index (Phi) is 6.26. The molecular weight excluding hydrogens is 340 g/mol. The van der Waals surface area contributed by atoms with Gasteiger partial charge in [-0.2, -0.15) is 0 Å². The van der Waals surface area contributed by atoms with Gasteiger partial charge in [-0.25, -0.2) is 4.79 Å². The molecule has 27 heavy (non-hydrogen) atoms. The molecule has 0 saturated carbocycles. The molecule has 0 spiro atoms. The number of rotatable bonds is 5. The van der Waals surface area contributed by atoms with E-state index in [4.69, 9.17) is 0 Å². The summed E-state index contributed by atoms with van der Waals surface area (Å²) in [7, 11) is 3.30. The molecule has 0 fully saturated rings. The molecule has 5 nitrogen and oxygen atoms in total. The van der Waals surface area contributed by atoms with Gasteiger partial charge < -0.3 is 10.0 Å². The van der Waals surface area contributed by atoms with Gasteiger partial charge in [0.15, 0.2) is 0 Å². The SMILES string of the molecule is CN(C)C(=O)[C@H](Cc1ccc(-c2ccccc2)cc1)N(C(=O)O)C(C)(C)C. The molecule has 0 aromatic heterocycles. The molecule has 0 bridgehead atoms. The van der Waals surface area contributed by atoms with E-state index in [0.29, 0.717) is 6.42 Å².